The quantitative estimate of drug-likeness (QED) is 0.744. The largest absolute Gasteiger partial charge is 0.356 e. The van der Waals surface area contributed by atoms with Crippen LogP contribution in [0, 0.1) is 0 Å². The van der Waals surface area contributed by atoms with E-state index in [1.807, 2.05) is 6.07 Å². The van der Waals surface area contributed by atoms with Crippen molar-refractivity contribution in [3.63, 3.8) is 0 Å². The van der Waals surface area contributed by atoms with Gasteiger partial charge in [-0.25, -0.2) is 13.4 Å². The topological polar surface area (TPSA) is 89.0 Å². The molecule has 8 nitrogen and oxygen atoms in total. The van der Waals surface area contributed by atoms with E-state index in [2.05, 4.69) is 9.88 Å². The van der Waals surface area contributed by atoms with Gasteiger partial charge in [0.05, 0.1) is 30.3 Å². The lowest BCUT2D eigenvalue weighted by molar-refractivity contribution is -0.169. The molecule has 0 N–H and O–H groups in total. The number of aromatic nitrogens is 1. The summed E-state index contributed by atoms with van der Waals surface area (Å²) in [5, 5.41) is 0. The van der Waals surface area contributed by atoms with Crippen molar-refractivity contribution in [2.45, 2.75) is 31.1 Å². The van der Waals surface area contributed by atoms with Crippen molar-refractivity contribution < 1.29 is 22.7 Å². The molecule has 0 saturated carbocycles. The third kappa shape index (κ3) is 3.81. The summed E-state index contributed by atoms with van der Waals surface area (Å²) in [6.45, 7) is 2.90. The Bertz CT molecular complexity index is 795. The minimum absolute atomic E-state index is 0.0421. The Morgan fingerprint density at radius 3 is 2.52 bits per heavy atom. The van der Waals surface area contributed by atoms with Crippen LogP contribution in [0.4, 0.5) is 5.82 Å². The summed E-state index contributed by atoms with van der Waals surface area (Å²) < 4.78 is 34.8. The fourth-order valence-electron chi connectivity index (χ4n) is 4.01. The maximum absolute atomic E-state index is 12.6. The van der Waals surface area contributed by atoms with Gasteiger partial charge in [-0.05, 0) is 18.6 Å². The molecule has 9 heteroatoms. The second-order valence-corrected chi connectivity index (χ2v) is 9.70. The minimum Gasteiger partial charge on any atom is -0.356 e. The average Bonchev–Trinajstić information content (AvgIpc) is 3.28. The summed E-state index contributed by atoms with van der Waals surface area (Å²) in [6, 6.07) is 3.35. The lowest BCUT2D eigenvalue weighted by atomic mass is 10.0. The average molecular weight is 395 g/mol. The van der Waals surface area contributed by atoms with E-state index >= 15 is 0 Å². The molecular weight excluding hydrogens is 370 g/mol. The summed E-state index contributed by atoms with van der Waals surface area (Å²) in [4.78, 5) is 20.8. The van der Waals surface area contributed by atoms with Crippen LogP contribution >= 0.6 is 0 Å². The number of carbonyl (C=O) groups is 1. The van der Waals surface area contributed by atoms with E-state index in [1.165, 1.54) is 4.90 Å². The van der Waals surface area contributed by atoms with Crippen molar-refractivity contribution in [1.82, 2.24) is 9.88 Å². The molecule has 1 amide bonds. The number of piperidine rings is 1. The Labute approximate surface area is 159 Å². The van der Waals surface area contributed by atoms with Crippen molar-refractivity contribution >= 4 is 21.6 Å². The van der Waals surface area contributed by atoms with E-state index < -0.39 is 15.6 Å². The van der Waals surface area contributed by atoms with Gasteiger partial charge in [0.25, 0.3) is 5.91 Å². The molecule has 4 heterocycles. The first-order valence-corrected chi connectivity index (χ1v) is 11.2. The van der Waals surface area contributed by atoms with E-state index in [4.69, 9.17) is 9.47 Å². The Morgan fingerprint density at radius 2 is 1.96 bits per heavy atom. The molecule has 27 heavy (non-hydrogen) atoms. The Kier molecular flexibility index (Phi) is 4.85. The number of nitrogens with zero attached hydrogens (tertiary/aromatic N) is 3. The third-order valence-electron chi connectivity index (χ3n) is 5.73. The van der Waals surface area contributed by atoms with Crippen LogP contribution in [0.2, 0.25) is 0 Å². The van der Waals surface area contributed by atoms with E-state index in [9.17, 15) is 13.2 Å². The number of ether oxygens (including phenoxy) is 2. The lowest BCUT2D eigenvalue weighted by Crippen LogP contribution is -2.45. The van der Waals surface area contributed by atoms with Gasteiger partial charge in [0.2, 0.25) is 0 Å². The molecule has 1 spiro atoms. The molecule has 0 radical (unpaired) electrons. The number of hydrogen-bond acceptors (Lipinski definition) is 7. The predicted octanol–water partition coefficient (Wildman–Crippen LogP) is 0.684. The minimum atomic E-state index is -3.02. The molecule has 0 aliphatic carbocycles. The number of carbonyl (C=O) groups excluding carboxylic acids is 1. The van der Waals surface area contributed by atoms with Gasteiger partial charge >= 0.3 is 0 Å². The molecule has 3 fully saturated rings. The highest BCUT2D eigenvalue weighted by molar-refractivity contribution is 7.91. The molecule has 1 unspecified atom stereocenters. The van der Waals surface area contributed by atoms with Gasteiger partial charge in [0.1, 0.15) is 5.82 Å². The molecule has 0 bridgehead atoms. The summed E-state index contributed by atoms with van der Waals surface area (Å²) in [5.74, 6) is 0.403. The number of anilines is 1. The van der Waals surface area contributed by atoms with Crippen molar-refractivity contribution in [3.05, 3.63) is 23.9 Å². The Morgan fingerprint density at radius 1 is 1.26 bits per heavy atom. The van der Waals surface area contributed by atoms with Crippen LogP contribution in [0.15, 0.2) is 18.3 Å². The van der Waals surface area contributed by atoms with Crippen LogP contribution < -0.4 is 4.90 Å². The van der Waals surface area contributed by atoms with Gasteiger partial charge < -0.3 is 19.3 Å². The number of hydrogen-bond donors (Lipinski definition) is 0. The van der Waals surface area contributed by atoms with E-state index in [1.54, 1.807) is 19.3 Å². The summed E-state index contributed by atoms with van der Waals surface area (Å²) >= 11 is 0. The Hall–Kier alpha value is -1.71. The summed E-state index contributed by atoms with van der Waals surface area (Å²) in [7, 11) is -1.36. The predicted molar refractivity (Wildman–Crippen MR) is 99.5 cm³/mol. The zero-order chi connectivity index (χ0) is 19.1. The fraction of sp³-hybridized carbons (Fsp3) is 0.667. The molecule has 3 saturated heterocycles. The number of rotatable bonds is 3. The zero-order valence-corrected chi connectivity index (χ0v) is 16.3. The van der Waals surface area contributed by atoms with Gasteiger partial charge in [-0.1, -0.05) is 0 Å². The molecule has 148 valence electrons. The molecular formula is C18H25N3O5S. The van der Waals surface area contributed by atoms with Crippen LogP contribution in [-0.2, 0) is 19.3 Å². The molecule has 4 rings (SSSR count). The second kappa shape index (κ2) is 7.03. The maximum Gasteiger partial charge on any atom is 0.255 e. The SMILES string of the molecule is CN(C(=O)c1ccc(N2CCC3(CC2)OCCO3)nc1)C1CCS(=O)(=O)C1. The molecule has 0 aromatic carbocycles. The Balaban J connectivity index is 1.38. The first-order valence-electron chi connectivity index (χ1n) is 9.34. The maximum atomic E-state index is 12.6. The molecule has 3 aliphatic rings. The second-order valence-electron chi connectivity index (χ2n) is 7.47. The lowest BCUT2D eigenvalue weighted by Gasteiger charge is -2.38. The third-order valence-corrected chi connectivity index (χ3v) is 7.48. The molecule has 3 aliphatic heterocycles. The van der Waals surface area contributed by atoms with Gasteiger partial charge in [0.15, 0.2) is 15.6 Å². The van der Waals surface area contributed by atoms with E-state index in [0.717, 1.165) is 31.7 Å². The molecule has 1 atom stereocenters. The normalized spacial score (nSPS) is 26.4. The summed E-state index contributed by atoms with van der Waals surface area (Å²) in [5.41, 5.74) is 0.474. The standard InChI is InChI=1S/C18H25N3O5S/c1-20(15-4-11-27(23,24)13-15)17(22)14-2-3-16(19-12-14)21-7-5-18(6-8-21)25-9-10-26-18/h2-3,12,15H,4-11,13H2,1H3. The first kappa shape index (κ1) is 18.6. The van der Waals surface area contributed by atoms with E-state index in [-0.39, 0.29) is 23.5 Å². The van der Waals surface area contributed by atoms with Crippen LogP contribution in [0.25, 0.3) is 0 Å². The summed E-state index contributed by atoms with van der Waals surface area (Å²) in [6.07, 6.45) is 3.67. The molecule has 1 aromatic rings. The van der Waals surface area contributed by atoms with Crippen LogP contribution in [-0.4, -0.2) is 80.9 Å². The van der Waals surface area contributed by atoms with Gasteiger partial charge in [-0.15, -0.1) is 0 Å². The van der Waals surface area contributed by atoms with Gasteiger partial charge in [-0.2, -0.15) is 0 Å². The van der Waals surface area contributed by atoms with Crippen LogP contribution in [0.1, 0.15) is 29.6 Å². The molecule has 1 aromatic heterocycles. The van der Waals surface area contributed by atoms with Gasteiger partial charge in [-0.3, -0.25) is 4.79 Å². The smallest absolute Gasteiger partial charge is 0.255 e. The fourth-order valence-corrected chi connectivity index (χ4v) is 5.79. The highest BCUT2D eigenvalue weighted by atomic mass is 32.2. The number of sulfone groups is 1. The highest BCUT2D eigenvalue weighted by Crippen LogP contribution is 2.32. The van der Waals surface area contributed by atoms with Crippen molar-refractivity contribution in [1.29, 1.82) is 0 Å². The number of amides is 1. The van der Waals surface area contributed by atoms with Crippen LogP contribution in [0.5, 0.6) is 0 Å². The zero-order valence-electron chi connectivity index (χ0n) is 15.5. The number of pyridine rings is 1. The van der Waals surface area contributed by atoms with Crippen LogP contribution in [0.3, 0.4) is 0 Å². The van der Waals surface area contributed by atoms with E-state index in [0.29, 0.717) is 25.2 Å². The first-order chi connectivity index (χ1) is 12.9. The highest BCUT2D eigenvalue weighted by Gasteiger charge is 2.40. The van der Waals surface area contributed by atoms with Crippen molar-refractivity contribution in [3.8, 4) is 0 Å². The van der Waals surface area contributed by atoms with Crippen molar-refractivity contribution in [2.75, 3.05) is 49.8 Å². The monoisotopic (exact) mass is 395 g/mol. The van der Waals surface area contributed by atoms with Gasteiger partial charge in [0, 0.05) is 45.2 Å². The van der Waals surface area contributed by atoms with Crippen molar-refractivity contribution in [2.24, 2.45) is 0 Å².